The minimum absolute atomic E-state index is 0.154. The first kappa shape index (κ1) is 17.2. The highest BCUT2D eigenvalue weighted by Crippen LogP contribution is 2.36. The fourth-order valence-electron chi connectivity index (χ4n) is 2.32. The van der Waals surface area contributed by atoms with Gasteiger partial charge in [0.25, 0.3) is 5.87 Å². The molecule has 126 valence electrons. The predicted molar refractivity (Wildman–Crippen MR) is 82.6 cm³/mol. The van der Waals surface area contributed by atoms with E-state index in [-0.39, 0.29) is 17.4 Å². The molecule has 2 heterocycles. The Labute approximate surface area is 141 Å². The number of morpholine rings is 1. The molecule has 0 aliphatic carbocycles. The minimum atomic E-state index is -3.08. The second-order valence-corrected chi connectivity index (χ2v) is 6.05. The van der Waals surface area contributed by atoms with Gasteiger partial charge in [0.2, 0.25) is 7.85 Å². The van der Waals surface area contributed by atoms with Crippen molar-refractivity contribution in [1.29, 1.82) is 0 Å². The number of aliphatic hydroxyl groups is 2. The standard InChI is InChI=1S/C14H13BF2N2O4S/c15-14(20,21)23-10-4-7(16)3-8(17)12(10)9-6-24-13(19-9)11-5-18-1-2-22-11/h3-4,6,11,18,20-21H,1-2,5H2. The van der Waals surface area contributed by atoms with Crippen molar-refractivity contribution in [2.24, 2.45) is 0 Å². The minimum Gasteiger partial charge on any atom is -0.448 e. The maximum absolute atomic E-state index is 14.2. The van der Waals surface area contributed by atoms with E-state index in [1.165, 1.54) is 11.3 Å². The van der Waals surface area contributed by atoms with E-state index in [0.717, 1.165) is 12.6 Å². The summed E-state index contributed by atoms with van der Waals surface area (Å²) in [6, 6.07) is 1.44. The van der Waals surface area contributed by atoms with Crippen LogP contribution < -0.4 is 10.1 Å². The third-order valence-electron chi connectivity index (χ3n) is 3.26. The highest BCUT2D eigenvalue weighted by molar-refractivity contribution is 7.10. The van der Waals surface area contributed by atoms with Crippen molar-refractivity contribution in [1.82, 2.24) is 10.3 Å². The van der Waals surface area contributed by atoms with Crippen molar-refractivity contribution in [3.63, 3.8) is 0 Å². The van der Waals surface area contributed by atoms with Gasteiger partial charge in [-0.15, -0.1) is 11.3 Å². The van der Waals surface area contributed by atoms with Gasteiger partial charge in [-0.1, -0.05) is 0 Å². The van der Waals surface area contributed by atoms with Gasteiger partial charge in [0, 0.05) is 30.6 Å². The van der Waals surface area contributed by atoms with Crippen molar-refractivity contribution < 1.29 is 28.5 Å². The first-order chi connectivity index (χ1) is 11.3. The Bertz CT molecular complexity index is 732. The zero-order chi connectivity index (χ0) is 17.3. The van der Waals surface area contributed by atoms with E-state index in [1.54, 1.807) is 5.38 Å². The average Bonchev–Trinajstić information content (AvgIpc) is 2.95. The Morgan fingerprint density at radius 1 is 1.42 bits per heavy atom. The molecule has 1 aliphatic rings. The summed E-state index contributed by atoms with van der Waals surface area (Å²) in [5, 5.41) is 23.6. The zero-order valence-corrected chi connectivity index (χ0v) is 13.1. The lowest BCUT2D eigenvalue weighted by Crippen LogP contribution is -2.35. The summed E-state index contributed by atoms with van der Waals surface area (Å²) in [6.07, 6.45) is -0.269. The summed E-state index contributed by atoms with van der Waals surface area (Å²) in [5.74, 6) is -5.47. The number of nitrogens with one attached hydrogen (secondary N) is 1. The number of hydrogen-bond donors (Lipinski definition) is 3. The lowest BCUT2D eigenvalue weighted by molar-refractivity contribution is -0.223. The third-order valence-corrected chi connectivity index (χ3v) is 4.20. The van der Waals surface area contributed by atoms with Gasteiger partial charge in [0.15, 0.2) is 0 Å². The summed E-state index contributed by atoms with van der Waals surface area (Å²) < 4.78 is 37.9. The maximum atomic E-state index is 14.2. The summed E-state index contributed by atoms with van der Waals surface area (Å²) >= 11 is 1.24. The maximum Gasteiger partial charge on any atom is 0.259 e. The Kier molecular flexibility index (Phi) is 4.84. The summed E-state index contributed by atoms with van der Waals surface area (Å²) in [5.41, 5.74) is -0.0680. The van der Waals surface area contributed by atoms with E-state index in [9.17, 15) is 8.78 Å². The second-order valence-electron chi connectivity index (χ2n) is 5.16. The Morgan fingerprint density at radius 2 is 2.21 bits per heavy atom. The molecule has 0 amide bonds. The van der Waals surface area contributed by atoms with Gasteiger partial charge in [-0.3, -0.25) is 0 Å². The number of thiazole rings is 1. The lowest BCUT2D eigenvalue weighted by Gasteiger charge is -2.22. The second kappa shape index (κ2) is 6.73. The van der Waals surface area contributed by atoms with E-state index in [4.69, 9.17) is 22.8 Å². The van der Waals surface area contributed by atoms with Crippen LogP contribution in [0.5, 0.6) is 5.75 Å². The normalized spacial score (nSPS) is 18.6. The molecule has 2 aromatic rings. The monoisotopic (exact) mass is 354 g/mol. The molecule has 1 aliphatic heterocycles. The molecule has 6 nitrogen and oxygen atoms in total. The van der Waals surface area contributed by atoms with Crippen molar-refractivity contribution in [2.75, 3.05) is 19.7 Å². The van der Waals surface area contributed by atoms with Crippen LogP contribution in [0.25, 0.3) is 11.3 Å². The molecule has 1 aromatic carbocycles. The zero-order valence-electron chi connectivity index (χ0n) is 12.3. The van der Waals surface area contributed by atoms with E-state index in [1.807, 2.05) is 0 Å². The van der Waals surface area contributed by atoms with E-state index in [0.29, 0.717) is 24.2 Å². The van der Waals surface area contributed by atoms with Crippen LogP contribution in [0.1, 0.15) is 11.1 Å². The number of nitrogens with zero attached hydrogens (tertiary/aromatic N) is 1. The molecular formula is C14H13BF2N2O4S. The van der Waals surface area contributed by atoms with Crippen LogP contribution in [0, 0.1) is 11.6 Å². The lowest BCUT2D eigenvalue weighted by atomic mass is 10.1. The largest absolute Gasteiger partial charge is 0.448 e. The van der Waals surface area contributed by atoms with Gasteiger partial charge >= 0.3 is 0 Å². The number of rotatable bonds is 4. The Hall–Kier alpha value is -1.59. The fraction of sp³-hybridized carbons (Fsp3) is 0.357. The van der Waals surface area contributed by atoms with Crippen molar-refractivity contribution in [3.05, 3.63) is 34.2 Å². The van der Waals surface area contributed by atoms with Gasteiger partial charge in [0.1, 0.15) is 28.5 Å². The molecule has 0 saturated carbocycles. The molecular weight excluding hydrogens is 341 g/mol. The molecule has 1 unspecified atom stereocenters. The molecule has 1 saturated heterocycles. The van der Waals surface area contributed by atoms with Gasteiger partial charge in [-0.25, -0.2) is 13.8 Å². The molecule has 1 fully saturated rings. The molecule has 0 bridgehead atoms. The van der Waals surface area contributed by atoms with Crippen LogP contribution in [0.15, 0.2) is 17.5 Å². The van der Waals surface area contributed by atoms with Crippen LogP contribution in [0.2, 0.25) is 0 Å². The molecule has 3 rings (SSSR count). The van der Waals surface area contributed by atoms with Gasteiger partial charge in [0.05, 0.1) is 17.9 Å². The van der Waals surface area contributed by atoms with Gasteiger partial charge < -0.3 is 25.0 Å². The fourth-order valence-corrected chi connectivity index (χ4v) is 3.17. The molecule has 2 radical (unpaired) electrons. The summed E-state index contributed by atoms with van der Waals surface area (Å²) in [4.78, 5) is 4.29. The van der Waals surface area contributed by atoms with Crippen LogP contribution in [0.4, 0.5) is 8.78 Å². The first-order valence-electron chi connectivity index (χ1n) is 7.03. The van der Waals surface area contributed by atoms with Crippen LogP contribution in [-0.4, -0.2) is 48.6 Å². The highest BCUT2D eigenvalue weighted by Gasteiger charge is 2.25. The number of aromatic nitrogens is 1. The van der Waals surface area contributed by atoms with E-state index >= 15 is 0 Å². The van der Waals surface area contributed by atoms with Crippen molar-refractivity contribution >= 4 is 19.2 Å². The Balaban J connectivity index is 1.98. The number of ether oxygens (including phenoxy) is 2. The molecule has 1 atom stereocenters. The number of halogens is 2. The number of hydrogen-bond acceptors (Lipinski definition) is 7. The van der Waals surface area contributed by atoms with E-state index < -0.39 is 23.3 Å². The van der Waals surface area contributed by atoms with Crippen LogP contribution >= 0.6 is 11.3 Å². The third kappa shape index (κ3) is 3.90. The molecule has 1 aromatic heterocycles. The van der Waals surface area contributed by atoms with Gasteiger partial charge in [-0.2, -0.15) is 0 Å². The van der Waals surface area contributed by atoms with Gasteiger partial charge in [-0.05, 0) is 0 Å². The SMILES string of the molecule is [B]C(O)(O)Oc1cc(F)cc(F)c1-c1csc(C2CNCCO2)n1. The molecule has 0 spiro atoms. The Morgan fingerprint density at radius 3 is 2.88 bits per heavy atom. The first-order valence-corrected chi connectivity index (χ1v) is 7.91. The predicted octanol–water partition coefficient (Wildman–Crippen LogP) is 0.892. The van der Waals surface area contributed by atoms with Crippen molar-refractivity contribution in [3.8, 4) is 17.0 Å². The topological polar surface area (TPSA) is 83.8 Å². The highest BCUT2D eigenvalue weighted by atomic mass is 32.1. The van der Waals surface area contributed by atoms with E-state index in [2.05, 4.69) is 15.0 Å². The summed E-state index contributed by atoms with van der Waals surface area (Å²) in [6.45, 7) is 1.84. The van der Waals surface area contributed by atoms with Crippen LogP contribution in [0.3, 0.4) is 0 Å². The number of benzene rings is 1. The molecule has 3 N–H and O–H groups in total. The molecule has 24 heavy (non-hydrogen) atoms. The molecule has 10 heteroatoms. The van der Waals surface area contributed by atoms with Crippen LogP contribution in [-0.2, 0) is 4.74 Å². The quantitative estimate of drug-likeness (QED) is 0.559. The summed E-state index contributed by atoms with van der Waals surface area (Å²) in [7, 11) is 4.93. The smallest absolute Gasteiger partial charge is 0.259 e. The average molecular weight is 354 g/mol. The van der Waals surface area contributed by atoms with Crippen molar-refractivity contribution in [2.45, 2.75) is 12.0 Å².